The minimum absolute atomic E-state index is 0.113. The van der Waals surface area contributed by atoms with Crippen LogP contribution in [0.2, 0.25) is 0 Å². The number of anilines is 1. The van der Waals surface area contributed by atoms with Crippen molar-refractivity contribution in [3.63, 3.8) is 0 Å². The Morgan fingerprint density at radius 3 is 2.43 bits per heavy atom. The fourth-order valence-electron chi connectivity index (χ4n) is 2.90. The number of carbonyl (C=O) groups excluding carboxylic acids is 1. The smallest absolute Gasteiger partial charge is 0.295 e. The molecule has 0 unspecified atom stereocenters. The van der Waals surface area contributed by atoms with E-state index < -0.39 is 5.91 Å². The highest BCUT2D eigenvalue weighted by molar-refractivity contribution is 5.97. The number of azo groups is 1. The fraction of sp³-hybridized carbons (Fsp3) is 0.0455. The quantitative estimate of drug-likeness (QED) is 0.410. The van der Waals surface area contributed by atoms with Gasteiger partial charge in [0.15, 0.2) is 5.69 Å². The first-order valence-corrected chi connectivity index (χ1v) is 8.84. The highest BCUT2D eigenvalue weighted by Gasteiger charge is 2.11. The Labute approximate surface area is 161 Å². The van der Waals surface area contributed by atoms with Crippen LogP contribution in [0.15, 0.2) is 89.1 Å². The van der Waals surface area contributed by atoms with Crippen LogP contribution in [0.25, 0.3) is 10.9 Å². The van der Waals surface area contributed by atoms with Crippen LogP contribution in [-0.2, 0) is 6.54 Å². The molecule has 28 heavy (non-hydrogen) atoms. The molecule has 0 aliphatic rings. The van der Waals surface area contributed by atoms with Gasteiger partial charge in [-0.2, -0.15) is 0 Å². The van der Waals surface area contributed by atoms with Crippen LogP contribution >= 0.6 is 0 Å². The van der Waals surface area contributed by atoms with Gasteiger partial charge < -0.3 is 15.4 Å². The summed E-state index contributed by atoms with van der Waals surface area (Å²) in [5.74, 6) is -0.586. The molecule has 4 aromatic rings. The molecule has 0 saturated heterocycles. The fourth-order valence-corrected chi connectivity index (χ4v) is 2.90. The van der Waals surface area contributed by atoms with Crippen LogP contribution < -0.4 is 5.32 Å². The lowest BCUT2D eigenvalue weighted by molar-refractivity contribution is 0.0995. The predicted molar refractivity (Wildman–Crippen MR) is 109 cm³/mol. The molecule has 0 fully saturated rings. The van der Waals surface area contributed by atoms with E-state index in [4.69, 9.17) is 0 Å². The Morgan fingerprint density at radius 1 is 0.929 bits per heavy atom. The van der Waals surface area contributed by atoms with Gasteiger partial charge in [-0.1, -0.05) is 48.5 Å². The molecule has 0 aliphatic carbocycles. The van der Waals surface area contributed by atoms with Gasteiger partial charge in [-0.3, -0.25) is 4.79 Å². The van der Waals surface area contributed by atoms with Crippen molar-refractivity contribution in [2.45, 2.75) is 6.54 Å². The van der Waals surface area contributed by atoms with Crippen molar-refractivity contribution in [2.24, 2.45) is 10.2 Å². The van der Waals surface area contributed by atoms with Crippen LogP contribution in [0.3, 0.4) is 0 Å². The Balaban J connectivity index is 1.44. The Bertz CT molecular complexity index is 1130. The Kier molecular flexibility index (Phi) is 4.84. The molecule has 138 valence electrons. The average Bonchev–Trinajstić information content (AvgIpc) is 3.06. The van der Waals surface area contributed by atoms with Gasteiger partial charge in [0, 0.05) is 23.2 Å². The standard InChI is InChI=1S/C22H18N4O2/c27-21(26-25-20-18-8-4-5-9-19(18)24-22(20)28)16-10-12-17(13-11-16)23-14-15-6-2-1-3-7-15/h1-13,23-24,28H,14H2. The molecule has 0 aliphatic heterocycles. The topological polar surface area (TPSA) is 89.8 Å². The zero-order chi connectivity index (χ0) is 19.3. The van der Waals surface area contributed by atoms with Crippen molar-refractivity contribution in [3.05, 3.63) is 90.0 Å². The second-order valence-electron chi connectivity index (χ2n) is 6.29. The lowest BCUT2D eigenvalue weighted by Gasteiger charge is -2.06. The molecule has 3 N–H and O–H groups in total. The summed E-state index contributed by atoms with van der Waals surface area (Å²) in [6, 6.07) is 24.4. The van der Waals surface area contributed by atoms with Gasteiger partial charge in [-0.15, -0.1) is 10.2 Å². The van der Waals surface area contributed by atoms with Gasteiger partial charge in [-0.25, -0.2) is 0 Å². The molecule has 0 bridgehead atoms. The predicted octanol–water partition coefficient (Wildman–Crippen LogP) is 5.41. The maximum Gasteiger partial charge on any atom is 0.295 e. The number of carbonyl (C=O) groups is 1. The number of aromatic hydroxyl groups is 1. The first-order valence-electron chi connectivity index (χ1n) is 8.84. The number of H-pyrrole nitrogens is 1. The number of rotatable bonds is 5. The van der Waals surface area contributed by atoms with Crippen LogP contribution in [0.1, 0.15) is 15.9 Å². The Morgan fingerprint density at radius 2 is 1.64 bits per heavy atom. The molecular formula is C22H18N4O2. The number of aromatic nitrogens is 1. The largest absolute Gasteiger partial charge is 0.493 e. The number of fused-ring (bicyclic) bond motifs is 1. The summed E-state index contributed by atoms with van der Waals surface area (Å²) >= 11 is 0. The van der Waals surface area contributed by atoms with E-state index in [1.165, 1.54) is 5.56 Å². The maximum absolute atomic E-state index is 12.3. The van der Waals surface area contributed by atoms with Crippen LogP contribution in [0.5, 0.6) is 5.88 Å². The second kappa shape index (κ2) is 7.75. The van der Waals surface area contributed by atoms with E-state index in [2.05, 4.69) is 20.5 Å². The van der Waals surface area contributed by atoms with Crippen LogP contribution in [0.4, 0.5) is 11.4 Å². The molecule has 0 saturated carbocycles. The zero-order valence-electron chi connectivity index (χ0n) is 15.0. The summed E-state index contributed by atoms with van der Waals surface area (Å²) in [4.78, 5) is 15.1. The summed E-state index contributed by atoms with van der Waals surface area (Å²) in [5, 5.41) is 21.7. The third-order valence-electron chi connectivity index (χ3n) is 4.37. The zero-order valence-corrected chi connectivity index (χ0v) is 15.0. The summed E-state index contributed by atoms with van der Waals surface area (Å²) < 4.78 is 0. The number of hydrogen-bond donors (Lipinski definition) is 3. The molecule has 3 aromatic carbocycles. The van der Waals surface area contributed by atoms with Gasteiger partial charge in [0.05, 0.1) is 5.52 Å². The van der Waals surface area contributed by atoms with Gasteiger partial charge >= 0.3 is 0 Å². The van der Waals surface area contributed by atoms with Gasteiger partial charge in [0.2, 0.25) is 5.88 Å². The van der Waals surface area contributed by atoms with Gasteiger partial charge in [0.25, 0.3) is 5.91 Å². The number of amides is 1. The molecule has 4 rings (SSSR count). The molecule has 0 atom stereocenters. The summed E-state index contributed by atoms with van der Waals surface area (Å²) in [6.45, 7) is 0.702. The van der Waals surface area contributed by atoms with Crippen molar-refractivity contribution < 1.29 is 9.90 Å². The van der Waals surface area contributed by atoms with E-state index in [1.807, 2.05) is 60.7 Å². The van der Waals surface area contributed by atoms with E-state index in [9.17, 15) is 9.90 Å². The van der Waals surface area contributed by atoms with E-state index in [-0.39, 0.29) is 11.6 Å². The monoisotopic (exact) mass is 370 g/mol. The van der Waals surface area contributed by atoms with Gasteiger partial charge in [0.1, 0.15) is 0 Å². The number of nitrogens with zero attached hydrogens (tertiary/aromatic N) is 2. The molecular weight excluding hydrogens is 352 g/mol. The van der Waals surface area contributed by atoms with Gasteiger partial charge in [-0.05, 0) is 35.9 Å². The molecule has 1 amide bonds. The normalized spacial score (nSPS) is 11.1. The van der Waals surface area contributed by atoms with Crippen molar-refractivity contribution in [1.29, 1.82) is 0 Å². The summed E-state index contributed by atoms with van der Waals surface area (Å²) in [6.07, 6.45) is 0. The SMILES string of the molecule is O=C(N=Nc1c(O)[nH]c2ccccc12)c1ccc(NCc2ccccc2)cc1. The third-order valence-corrected chi connectivity index (χ3v) is 4.37. The maximum atomic E-state index is 12.3. The van der Waals surface area contributed by atoms with E-state index in [0.29, 0.717) is 17.5 Å². The molecule has 1 heterocycles. The lowest BCUT2D eigenvalue weighted by Crippen LogP contribution is -2.00. The lowest BCUT2D eigenvalue weighted by atomic mass is 10.2. The first-order chi connectivity index (χ1) is 13.7. The highest BCUT2D eigenvalue weighted by Crippen LogP contribution is 2.35. The van der Waals surface area contributed by atoms with Crippen LogP contribution in [-0.4, -0.2) is 16.0 Å². The first kappa shape index (κ1) is 17.5. The number of benzene rings is 3. The van der Waals surface area contributed by atoms with Crippen molar-refractivity contribution >= 4 is 28.2 Å². The average molecular weight is 370 g/mol. The number of aromatic amines is 1. The number of nitrogens with one attached hydrogen (secondary N) is 2. The number of hydrogen-bond acceptors (Lipinski definition) is 4. The third kappa shape index (κ3) is 3.76. The van der Waals surface area contributed by atoms with Crippen molar-refractivity contribution in [2.75, 3.05) is 5.32 Å². The molecule has 0 spiro atoms. The minimum atomic E-state index is -0.473. The van der Waals surface area contributed by atoms with Crippen LogP contribution in [0, 0.1) is 0 Å². The van der Waals surface area contributed by atoms with E-state index in [1.54, 1.807) is 18.2 Å². The highest BCUT2D eigenvalue weighted by atomic mass is 16.3. The molecule has 6 heteroatoms. The Hall–Kier alpha value is -3.93. The van der Waals surface area contributed by atoms with Crippen molar-refractivity contribution in [1.82, 2.24) is 4.98 Å². The minimum Gasteiger partial charge on any atom is -0.493 e. The van der Waals surface area contributed by atoms with Crippen molar-refractivity contribution in [3.8, 4) is 5.88 Å². The molecule has 1 aromatic heterocycles. The summed E-state index contributed by atoms with van der Waals surface area (Å²) in [5.41, 5.74) is 3.50. The second-order valence-corrected chi connectivity index (χ2v) is 6.29. The summed E-state index contributed by atoms with van der Waals surface area (Å²) in [7, 11) is 0. The molecule has 6 nitrogen and oxygen atoms in total. The van der Waals surface area contributed by atoms with E-state index >= 15 is 0 Å². The number of para-hydroxylation sites is 1. The molecule has 0 radical (unpaired) electrons. The van der Waals surface area contributed by atoms with E-state index in [0.717, 1.165) is 11.2 Å².